The van der Waals surface area contributed by atoms with Crippen LogP contribution in [0, 0.1) is 17.8 Å². The third-order valence-corrected chi connectivity index (χ3v) is 5.95. The molecule has 112 valence electrons. The van der Waals surface area contributed by atoms with E-state index in [2.05, 4.69) is 37.7 Å². The lowest BCUT2D eigenvalue weighted by Gasteiger charge is -2.48. The number of hydrogen-bond donors (Lipinski definition) is 1. The minimum Gasteiger partial charge on any atom is -0.329 e. The maximum absolute atomic E-state index is 6.20. The first kappa shape index (κ1) is 15.3. The van der Waals surface area contributed by atoms with Gasteiger partial charge in [-0.1, -0.05) is 13.8 Å². The van der Waals surface area contributed by atoms with Gasteiger partial charge in [-0.15, -0.1) is 0 Å². The first-order valence-corrected chi connectivity index (χ1v) is 8.06. The van der Waals surface area contributed by atoms with E-state index in [1.165, 1.54) is 45.3 Å². The van der Waals surface area contributed by atoms with Crippen LogP contribution in [0.1, 0.15) is 39.5 Å². The van der Waals surface area contributed by atoms with Gasteiger partial charge in [0, 0.05) is 25.2 Å². The number of likely N-dealkylation sites (tertiary alicyclic amines) is 1. The molecule has 0 aromatic carbocycles. The topological polar surface area (TPSA) is 32.5 Å². The standard InChI is InChI=1S/C16H33N3/c1-13-5-7-16(12-17,9-14(13)2)19(4)11-15-6-8-18(3)10-15/h13-15H,5-12,17H2,1-4H3. The second-order valence-corrected chi connectivity index (χ2v) is 7.42. The molecule has 1 heterocycles. The highest BCUT2D eigenvalue weighted by Crippen LogP contribution is 2.39. The molecule has 0 bridgehead atoms. The minimum absolute atomic E-state index is 0.271. The van der Waals surface area contributed by atoms with Crippen LogP contribution < -0.4 is 5.73 Å². The van der Waals surface area contributed by atoms with E-state index < -0.39 is 0 Å². The third kappa shape index (κ3) is 3.32. The lowest BCUT2D eigenvalue weighted by molar-refractivity contribution is 0.0309. The second-order valence-electron chi connectivity index (χ2n) is 7.42. The van der Waals surface area contributed by atoms with Crippen molar-refractivity contribution < 1.29 is 0 Å². The summed E-state index contributed by atoms with van der Waals surface area (Å²) in [6.45, 7) is 9.38. The highest BCUT2D eigenvalue weighted by molar-refractivity contribution is 4.97. The van der Waals surface area contributed by atoms with Crippen molar-refractivity contribution in [3.05, 3.63) is 0 Å². The van der Waals surface area contributed by atoms with Gasteiger partial charge in [-0.05, 0) is 64.1 Å². The van der Waals surface area contributed by atoms with Crippen LogP contribution in [-0.2, 0) is 0 Å². The average Bonchev–Trinajstić information content (AvgIpc) is 2.78. The Morgan fingerprint density at radius 3 is 2.53 bits per heavy atom. The second kappa shape index (κ2) is 6.11. The first-order valence-electron chi connectivity index (χ1n) is 8.06. The number of hydrogen-bond acceptors (Lipinski definition) is 3. The zero-order chi connectivity index (χ0) is 14.0. The van der Waals surface area contributed by atoms with Crippen molar-refractivity contribution in [1.82, 2.24) is 9.80 Å². The van der Waals surface area contributed by atoms with Crippen LogP contribution in [0.15, 0.2) is 0 Å². The van der Waals surface area contributed by atoms with Crippen molar-refractivity contribution in [2.75, 3.05) is 40.3 Å². The molecule has 0 radical (unpaired) electrons. The largest absolute Gasteiger partial charge is 0.329 e. The molecule has 4 atom stereocenters. The molecule has 1 aliphatic heterocycles. The molecule has 1 saturated carbocycles. The van der Waals surface area contributed by atoms with Crippen LogP contribution in [0.3, 0.4) is 0 Å². The fraction of sp³-hybridized carbons (Fsp3) is 1.00. The van der Waals surface area contributed by atoms with E-state index in [1.54, 1.807) is 0 Å². The maximum Gasteiger partial charge on any atom is 0.0331 e. The molecule has 4 unspecified atom stereocenters. The summed E-state index contributed by atoms with van der Waals surface area (Å²) in [5, 5.41) is 0. The molecule has 3 nitrogen and oxygen atoms in total. The molecule has 0 amide bonds. The van der Waals surface area contributed by atoms with Crippen LogP contribution in [0.4, 0.5) is 0 Å². The van der Waals surface area contributed by atoms with Gasteiger partial charge >= 0.3 is 0 Å². The Bertz CT molecular complexity index is 294. The van der Waals surface area contributed by atoms with E-state index in [1.807, 2.05) is 0 Å². The normalized spacial score (nSPS) is 41.1. The van der Waals surface area contributed by atoms with Crippen LogP contribution in [0.2, 0.25) is 0 Å². The van der Waals surface area contributed by atoms with E-state index in [0.29, 0.717) is 0 Å². The van der Waals surface area contributed by atoms with E-state index in [0.717, 1.165) is 24.3 Å². The highest BCUT2D eigenvalue weighted by atomic mass is 15.2. The van der Waals surface area contributed by atoms with Gasteiger partial charge in [-0.25, -0.2) is 0 Å². The molecular formula is C16H33N3. The summed E-state index contributed by atoms with van der Waals surface area (Å²) in [5.74, 6) is 2.52. The lowest BCUT2D eigenvalue weighted by atomic mass is 9.70. The maximum atomic E-state index is 6.20. The van der Waals surface area contributed by atoms with Crippen molar-refractivity contribution in [2.45, 2.75) is 45.1 Å². The molecule has 0 aromatic rings. The summed E-state index contributed by atoms with van der Waals surface area (Å²) >= 11 is 0. The van der Waals surface area contributed by atoms with Gasteiger partial charge in [0.15, 0.2) is 0 Å². The molecule has 2 rings (SSSR count). The van der Waals surface area contributed by atoms with E-state index in [-0.39, 0.29) is 5.54 Å². The molecule has 0 aromatic heterocycles. The number of rotatable bonds is 4. The lowest BCUT2D eigenvalue weighted by Crippen LogP contribution is -2.56. The van der Waals surface area contributed by atoms with Gasteiger partial charge in [-0.3, -0.25) is 4.90 Å². The molecular weight excluding hydrogens is 234 g/mol. The van der Waals surface area contributed by atoms with Gasteiger partial charge in [-0.2, -0.15) is 0 Å². The number of nitrogens with two attached hydrogens (primary N) is 1. The molecule has 2 aliphatic rings. The molecule has 0 spiro atoms. The van der Waals surface area contributed by atoms with Crippen LogP contribution >= 0.6 is 0 Å². The third-order valence-electron chi connectivity index (χ3n) is 5.95. The van der Waals surface area contributed by atoms with Gasteiger partial charge < -0.3 is 10.6 Å². The highest BCUT2D eigenvalue weighted by Gasteiger charge is 2.40. The van der Waals surface area contributed by atoms with Gasteiger partial charge in [0.05, 0.1) is 0 Å². The van der Waals surface area contributed by atoms with E-state index >= 15 is 0 Å². The summed E-state index contributed by atoms with van der Waals surface area (Å²) in [6.07, 6.45) is 5.26. The van der Waals surface area contributed by atoms with Crippen LogP contribution in [0.25, 0.3) is 0 Å². The fourth-order valence-corrected chi connectivity index (χ4v) is 4.13. The average molecular weight is 267 g/mol. The molecule has 19 heavy (non-hydrogen) atoms. The molecule has 2 fully saturated rings. The first-order chi connectivity index (χ1) is 8.97. The Morgan fingerprint density at radius 1 is 1.26 bits per heavy atom. The Morgan fingerprint density at radius 2 is 2.00 bits per heavy atom. The Labute approximate surface area is 119 Å². The molecule has 2 N–H and O–H groups in total. The monoisotopic (exact) mass is 267 g/mol. The summed E-state index contributed by atoms with van der Waals surface area (Å²) < 4.78 is 0. The summed E-state index contributed by atoms with van der Waals surface area (Å²) in [5.41, 5.74) is 6.47. The predicted octanol–water partition coefficient (Wildman–Crippen LogP) is 2.02. The van der Waals surface area contributed by atoms with Crippen molar-refractivity contribution >= 4 is 0 Å². The van der Waals surface area contributed by atoms with Crippen molar-refractivity contribution in [3.63, 3.8) is 0 Å². The zero-order valence-electron chi connectivity index (χ0n) is 13.4. The smallest absolute Gasteiger partial charge is 0.0331 e. The van der Waals surface area contributed by atoms with Crippen molar-refractivity contribution in [3.8, 4) is 0 Å². The molecule has 1 saturated heterocycles. The minimum atomic E-state index is 0.271. The Hall–Kier alpha value is -0.120. The fourth-order valence-electron chi connectivity index (χ4n) is 4.13. The predicted molar refractivity (Wildman–Crippen MR) is 82.2 cm³/mol. The van der Waals surface area contributed by atoms with E-state index in [4.69, 9.17) is 5.73 Å². The van der Waals surface area contributed by atoms with Gasteiger partial charge in [0.2, 0.25) is 0 Å². The van der Waals surface area contributed by atoms with Gasteiger partial charge in [0.25, 0.3) is 0 Å². The summed E-state index contributed by atoms with van der Waals surface area (Å²) in [4.78, 5) is 5.07. The summed E-state index contributed by atoms with van der Waals surface area (Å²) in [7, 11) is 4.55. The van der Waals surface area contributed by atoms with Gasteiger partial charge in [0.1, 0.15) is 0 Å². The van der Waals surface area contributed by atoms with Crippen molar-refractivity contribution in [1.29, 1.82) is 0 Å². The Kier molecular flexibility index (Phi) is 4.91. The van der Waals surface area contributed by atoms with Crippen LogP contribution in [0.5, 0.6) is 0 Å². The molecule has 1 aliphatic carbocycles. The quantitative estimate of drug-likeness (QED) is 0.846. The SMILES string of the molecule is CC1CCC(CN)(N(C)CC2CCN(C)C2)CC1C. The number of likely N-dealkylation sites (N-methyl/N-ethyl adjacent to an activating group) is 1. The van der Waals surface area contributed by atoms with Crippen LogP contribution in [-0.4, -0.2) is 55.6 Å². The number of nitrogens with zero attached hydrogens (tertiary/aromatic N) is 2. The Balaban J connectivity index is 1.96. The molecule has 3 heteroatoms. The summed E-state index contributed by atoms with van der Waals surface area (Å²) in [6, 6.07) is 0. The van der Waals surface area contributed by atoms with E-state index in [9.17, 15) is 0 Å². The zero-order valence-corrected chi connectivity index (χ0v) is 13.4. The van der Waals surface area contributed by atoms with Crippen molar-refractivity contribution in [2.24, 2.45) is 23.5 Å².